The van der Waals surface area contributed by atoms with Gasteiger partial charge >= 0.3 is 5.69 Å². The highest BCUT2D eigenvalue weighted by Gasteiger charge is 2.18. The van der Waals surface area contributed by atoms with E-state index in [1.807, 2.05) is 6.08 Å². The van der Waals surface area contributed by atoms with Crippen molar-refractivity contribution < 1.29 is 5.11 Å². The summed E-state index contributed by atoms with van der Waals surface area (Å²) < 4.78 is 1.52. The van der Waals surface area contributed by atoms with Crippen molar-refractivity contribution in [3.8, 4) is 0 Å². The Bertz CT molecular complexity index is 383. The minimum absolute atomic E-state index is 0.0452. The van der Waals surface area contributed by atoms with Crippen molar-refractivity contribution in [2.75, 3.05) is 0 Å². The van der Waals surface area contributed by atoms with Gasteiger partial charge in [-0.05, 0) is 6.07 Å². The molecule has 2 rings (SSSR count). The molecule has 1 aliphatic carbocycles. The smallest absolute Gasteiger partial charge is 0.348 e. The van der Waals surface area contributed by atoms with Gasteiger partial charge in [-0.25, -0.2) is 9.78 Å². The van der Waals surface area contributed by atoms with Gasteiger partial charge in [-0.15, -0.1) is 0 Å². The molecule has 1 N–H and O–H groups in total. The summed E-state index contributed by atoms with van der Waals surface area (Å²) in [6, 6.07) is 1.66. The average Bonchev–Trinajstić information content (AvgIpc) is 2.53. The van der Waals surface area contributed by atoms with Gasteiger partial charge in [-0.2, -0.15) is 0 Å². The van der Waals surface area contributed by atoms with Gasteiger partial charge in [0.25, 0.3) is 0 Å². The molecule has 1 aromatic heterocycles. The first-order valence-electron chi connectivity index (χ1n) is 4.17. The van der Waals surface area contributed by atoms with Crippen molar-refractivity contribution in [2.45, 2.75) is 18.6 Å². The van der Waals surface area contributed by atoms with E-state index in [1.54, 1.807) is 18.3 Å². The van der Waals surface area contributed by atoms with Crippen LogP contribution < -0.4 is 5.69 Å². The van der Waals surface area contributed by atoms with Gasteiger partial charge < -0.3 is 5.11 Å². The quantitative estimate of drug-likeness (QED) is 0.621. The van der Waals surface area contributed by atoms with Gasteiger partial charge in [-0.3, -0.25) is 4.57 Å². The number of aliphatic hydroxyl groups excluding tert-OH is 1. The number of hydrogen-bond acceptors (Lipinski definition) is 3. The van der Waals surface area contributed by atoms with Gasteiger partial charge in [0.2, 0.25) is 0 Å². The first kappa shape index (κ1) is 8.19. The van der Waals surface area contributed by atoms with Crippen molar-refractivity contribution >= 4 is 0 Å². The molecular formula is C9H10N2O2. The fraction of sp³-hybridized carbons (Fsp3) is 0.333. The highest BCUT2D eigenvalue weighted by molar-refractivity contribution is 5.06. The lowest BCUT2D eigenvalue weighted by Gasteiger charge is -2.10. The van der Waals surface area contributed by atoms with Crippen LogP contribution in [0.25, 0.3) is 0 Å². The average molecular weight is 178 g/mol. The van der Waals surface area contributed by atoms with E-state index < -0.39 is 6.10 Å². The molecule has 4 heteroatoms. The fourth-order valence-electron chi connectivity index (χ4n) is 1.49. The lowest BCUT2D eigenvalue weighted by Crippen LogP contribution is -2.24. The predicted octanol–water partition coefficient (Wildman–Crippen LogP) is 0.105. The first-order valence-corrected chi connectivity index (χ1v) is 4.17. The molecule has 1 aromatic rings. The van der Waals surface area contributed by atoms with Crippen molar-refractivity contribution in [1.29, 1.82) is 0 Å². The normalized spacial score (nSPS) is 26.5. The van der Waals surface area contributed by atoms with Gasteiger partial charge in [0.05, 0.1) is 12.1 Å². The van der Waals surface area contributed by atoms with Gasteiger partial charge in [0.15, 0.2) is 0 Å². The van der Waals surface area contributed by atoms with Crippen LogP contribution in [0.15, 0.2) is 35.4 Å². The summed E-state index contributed by atoms with van der Waals surface area (Å²) in [7, 11) is 0. The van der Waals surface area contributed by atoms with Crippen molar-refractivity contribution in [3.63, 3.8) is 0 Å². The highest BCUT2D eigenvalue weighted by Crippen LogP contribution is 2.20. The van der Waals surface area contributed by atoms with Gasteiger partial charge in [0.1, 0.15) is 0 Å². The zero-order valence-corrected chi connectivity index (χ0v) is 7.00. The van der Waals surface area contributed by atoms with E-state index in [0.717, 1.165) is 0 Å². The molecule has 0 saturated heterocycles. The Hall–Kier alpha value is -1.42. The van der Waals surface area contributed by atoms with Crippen LogP contribution in [0.3, 0.4) is 0 Å². The van der Waals surface area contributed by atoms with Crippen LogP contribution in [0.4, 0.5) is 0 Å². The molecule has 1 heterocycles. The van der Waals surface area contributed by atoms with Crippen LogP contribution in [0, 0.1) is 0 Å². The molecule has 0 radical (unpaired) electrons. The Kier molecular flexibility index (Phi) is 1.98. The second-order valence-corrected chi connectivity index (χ2v) is 3.06. The summed E-state index contributed by atoms with van der Waals surface area (Å²) in [5.41, 5.74) is -0.272. The van der Waals surface area contributed by atoms with E-state index in [4.69, 9.17) is 0 Å². The third-order valence-corrected chi connectivity index (χ3v) is 2.13. The maximum absolute atomic E-state index is 11.2. The zero-order chi connectivity index (χ0) is 9.26. The molecule has 0 amide bonds. The number of hydrogen-bond donors (Lipinski definition) is 1. The topological polar surface area (TPSA) is 55.1 Å². The Morgan fingerprint density at radius 3 is 3.00 bits per heavy atom. The molecule has 68 valence electrons. The number of nitrogens with zero attached hydrogens (tertiary/aromatic N) is 2. The predicted molar refractivity (Wildman–Crippen MR) is 47.3 cm³/mol. The van der Waals surface area contributed by atoms with Crippen LogP contribution in [-0.4, -0.2) is 20.8 Å². The number of rotatable bonds is 1. The van der Waals surface area contributed by atoms with E-state index in [0.29, 0.717) is 6.42 Å². The Morgan fingerprint density at radius 1 is 1.54 bits per heavy atom. The van der Waals surface area contributed by atoms with E-state index in [9.17, 15) is 9.90 Å². The molecule has 1 aliphatic rings. The van der Waals surface area contributed by atoms with Crippen molar-refractivity contribution in [3.05, 3.63) is 41.1 Å². The molecule has 0 saturated carbocycles. The van der Waals surface area contributed by atoms with Gasteiger partial charge in [0, 0.05) is 18.8 Å². The molecule has 0 unspecified atom stereocenters. The van der Waals surface area contributed by atoms with Crippen molar-refractivity contribution in [1.82, 2.24) is 9.55 Å². The highest BCUT2D eigenvalue weighted by atomic mass is 16.3. The Labute approximate surface area is 75.2 Å². The molecule has 0 fully saturated rings. The second kappa shape index (κ2) is 3.14. The SMILES string of the molecule is O=c1ncccn1[C@H]1C=C[C@@H](O)C1. The van der Waals surface area contributed by atoms with E-state index in [2.05, 4.69) is 4.98 Å². The minimum Gasteiger partial charge on any atom is -0.389 e. The fourth-order valence-corrected chi connectivity index (χ4v) is 1.49. The molecule has 2 atom stereocenters. The molecule has 13 heavy (non-hydrogen) atoms. The third-order valence-electron chi connectivity index (χ3n) is 2.13. The van der Waals surface area contributed by atoms with E-state index >= 15 is 0 Å². The monoisotopic (exact) mass is 178 g/mol. The third kappa shape index (κ3) is 1.53. The maximum atomic E-state index is 11.2. The second-order valence-electron chi connectivity index (χ2n) is 3.06. The summed E-state index contributed by atoms with van der Waals surface area (Å²) in [5.74, 6) is 0. The van der Waals surface area contributed by atoms with E-state index in [-0.39, 0.29) is 11.7 Å². The lowest BCUT2D eigenvalue weighted by atomic mass is 10.2. The van der Waals surface area contributed by atoms with E-state index in [1.165, 1.54) is 10.8 Å². The molecule has 4 nitrogen and oxygen atoms in total. The van der Waals surface area contributed by atoms with Crippen LogP contribution >= 0.6 is 0 Å². The summed E-state index contributed by atoms with van der Waals surface area (Å²) in [6.07, 6.45) is 6.80. The largest absolute Gasteiger partial charge is 0.389 e. The summed E-state index contributed by atoms with van der Waals surface area (Å²) in [6.45, 7) is 0. The molecule has 0 aromatic carbocycles. The van der Waals surface area contributed by atoms with Crippen LogP contribution in [-0.2, 0) is 0 Å². The molecule has 0 bridgehead atoms. The van der Waals surface area contributed by atoms with Gasteiger partial charge in [-0.1, -0.05) is 12.2 Å². The van der Waals surface area contributed by atoms with Crippen LogP contribution in [0.1, 0.15) is 12.5 Å². The summed E-state index contributed by atoms with van der Waals surface area (Å²) in [5, 5.41) is 9.23. The first-order chi connectivity index (χ1) is 6.27. The number of allylic oxidation sites excluding steroid dienone is 1. The van der Waals surface area contributed by atoms with Crippen LogP contribution in [0.5, 0.6) is 0 Å². The molecule has 0 aliphatic heterocycles. The summed E-state index contributed by atoms with van der Waals surface area (Å²) in [4.78, 5) is 14.9. The summed E-state index contributed by atoms with van der Waals surface area (Å²) >= 11 is 0. The molecular weight excluding hydrogens is 168 g/mol. The number of aromatic nitrogens is 2. The molecule has 0 spiro atoms. The lowest BCUT2D eigenvalue weighted by molar-refractivity contribution is 0.209. The number of aliphatic hydroxyl groups is 1. The minimum atomic E-state index is -0.433. The van der Waals surface area contributed by atoms with Crippen molar-refractivity contribution in [2.24, 2.45) is 0 Å². The zero-order valence-electron chi connectivity index (χ0n) is 7.00. The standard InChI is InChI=1S/C9H10N2O2/c12-8-3-2-7(6-8)11-5-1-4-10-9(11)13/h1-5,7-8,12H,6H2/t7-,8+/m0/s1. The van der Waals surface area contributed by atoms with Crippen LogP contribution in [0.2, 0.25) is 0 Å². The Balaban J connectivity index is 2.32. The Morgan fingerprint density at radius 2 is 2.38 bits per heavy atom. The maximum Gasteiger partial charge on any atom is 0.348 e.